The quantitative estimate of drug-likeness (QED) is 0.373. The number of imidazole rings is 1. The van der Waals surface area contributed by atoms with Gasteiger partial charge in [0.1, 0.15) is 36.5 Å². The Hall–Kier alpha value is -2.57. The third kappa shape index (κ3) is 3.15. The normalized spacial score (nSPS) is 28.5. The predicted octanol–water partition coefficient (Wildman–Crippen LogP) is -0.996. The first kappa shape index (κ1) is 17.8. The zero-order valence-electron chi connectivity index (χ0n) is 14.1. The lowest BCUT2D eigenvalue weighted by atomic mass is 9.98. The highest BCUT2D eigenvalue weighted by Gasteiger charge is 2.44. The molecule has 0 radical (unpaired) electrons. The Morgan fingerprint density at radius 1 is 1.11 bits per heavy atom. The molecule has 11 nitrogen and oxygen atoms in total. The van der Waals surface area contributed by atoms with E-state index in [1.165, 1.54) is 17.2 Å². The molecule has 3 aromatic heterocycles. The van der Waals surface area contributed by atoms with Crippen LogP contribution in [0.25, 0.3) is 11.2 Å². The van der Waals surface area contributed by atoms with E-state index in [9.17, 15) is 20.4 Å². The van der Waals surface area contributed by atoms with Crippen molar-refractivity contribution in [3.05, 3.63) is 36.8 Å². The molecule has 27 heavy (non-hydrogen) atoms. The molecule has 5 atom stereocenters. The molecule has 1 fully saturated rings. The molecule has 1 aliphatic rings. The van der Waals surface area contributed by atoms with Crippen molar-refractivity contribution < 1.29 is 29.6 Å². The number of ether oxygens (including phenoxy) is 1. The number of fused-ring (bicyclic) bond motifs is 1. The Balaban J connectivity index is 1.64. The van der Waals surface area contributed by atoms with Gasteiger partial charge in [0.25, 0.3) is 0 Å². The molecule has 0 aromatic carbocycles. The molecule has 144 valence electrons. The van der Waals surface area contributed by atoms with Gasteiger partial charge in [-0.15, -0.1) is 0 Å². The fraction of sp³-hybridized carbons (Fsp3) is 0.438. The summed E-state index contributed by atoms with van der Waals surface area (Å²) in [6, 6.07) is 3.60. The number of furan rings is 1. The van der Waals surface area contributed by atoms with Crippen molar-refractivity contribution in [2.45, 2.75) is 37.2 Å². The van der Waals surface area contributed by atoms with E-state index in [1.807, 2.05) is 6.07 Å². The SMILES string of the molecule is OC[C@H]1OC(n2cnc3c(NCc4ccco4)ncnc32)[C@H](O)[C@@H](O)[C@@H]1O. The average molecular weight is 377 g/mol. The number of rotatable bonds is 5. The van der Waals surface area contributed by atoms with Crippen LogP contribution in [0.4, 0.5) is 5.82 Å². The van der Waals surface area contributed by atoms with Crippen LogP contribution in [0, 0.1) is 0 Å². The molecule has 0 bridgehead atoms. The topological polar surface area (TPSA) is 159 Å². The van der Waals surface area contributed by atoms with Crippen LogP contribution in [0.15, 0.2) is 35.5 Å². The first-order valence-corrected chi connectivity index (χ1v) is 8.34. The lowest BCUT2D eigenvalue weighted by Gasteiger charge is -2.40. The van der Waals surface area contributed by atoms with Crippen molar-refractivity contribution >= 4 is 17.0 Å². The van der Waals surface area contributed by atoms with Gasteiger partial charge < -0.3 is 34.9 Å². The molecule has 0 spiro atoms. The van der Waals surface area contributed by atoms with Crippen LogP contribution in [0.2, 0.25) is 0 Å². The Labute approximate surface area is 152 Å². The maximum Gasteiger partial charge on any atom is 0.167 e. The zero-order chi connectivity index (χ0) is 19.0. The zero-order valence-corrected chi connectivity index (χ0v) is 14.1. The largest absolute Gasteiger partial charge is 0.467 e. The van der Waals surface area contributed by atoms with Crippen LogP contribution < -0.4 is 5.32 Å². The van der Waals surface area contributed by atoms with Crippen LogP contribution in [-0.4, -0.2) is 71.0 Å². The van der Waals surface area contributed by atoms with E-state index in [0.717, 1.165) is 5.76 Å². The molecule has 4 heterocycles. The number of aliphatic hydroxyl groups is 4. The summed E-state index contributed by atoms with van der Waals surface area (Å²) in [7, 11) is 0. The molecule has 1 saturated heterocycles. The van der Waals surface area contributed by atoms with E-state index in [1.54, 1.807) is 12.3 Å². The van der Waals surface area contributed by atoms with Gasteiger partial charge in [-0.3, -0.25) is 4.57 Å². The minimum absolute atomic E-state index is 0.358. The van der Waals surface area contributed by atoms with Gasteiger partial charge in [0.15, 0.2) is 23.2 Å². The van der Waals surface area contributed by atoms with E-state index < -0.39 is 37.3 Å². The molecule has 0 saturated carbocycles. The third-order valence-corrected chi connectivity index (χ3v) is 4.51. The van der Waals surface area contributed by atoms with Crippen LogP contribution in [0.5, 0.6) is 0 Å². The molecule has 0 amide bonds. The number of nitrogens with zero attached hydrogens (tertiary/aromatic N) is 4. The van der Waals surface area contributed by atoms with E-state index in [4.69, 9.17) is 9.15 Å². The molecular weight excluding hydrogens is 358 g/mol. The molecule has 3 aromatic rings. The first-order chi connectivity index (χ1) is 13.1. The predicted molar refractivity (Wildman–Crippen MR) is 90.4 cm³/mol. The highest BCUT2D eigenvalue weighted by atomic mass is 16.6. The summed E-state index contributed by atoms with van der Waals surface area (Å²) in [5.41, 5.74) is 0.789. The number of nitrogens with one attached hydrogen (secondary N) is 1. The van der Waals surface area contributed by atoms with Crippen molar-refractivity contribution in [1.82, 2.24) is 19.5 Å². The van der Waals surface area contributed by atoms with Crippen molar-refractivity contribution in [2.75, 3.05) is 11.9 Å². The van der Waals surface area contributed by atoms with Gasteiger partial charge in [-0.25, -0.2) is 15.0 Å². The second-order valence-electron chi connectivity index (χ2n) is 6.20. The molecular formula is C16H19N5O6. The van der Waals surface area contributed by atoms with Crippen LogP contribution in [0.3, 0.4) is 0 Å². The van der Waals surface area contributed by atoms with Crippen molar-refractivity contribution in [1.29, 1.82) is 0 Å². The van der Waals surface area contributed by atoms with Gasteiger partial charge in [0, 0.05) is 0 Å². The molecule has 1 aliphatic heterocycles. The Bertz CT molecular complexity index is 898. The number of anilines is 1. The summed E-state index contributed by atoms with van der Waals surface area (Å²) < 4.78 is 12.3. The Morgan fingerprint density at radius 2 is 1.96 bits per heavy atom. The lowest BCUT2D eigenvalue weighted by Crippen LogP contribution is -2.56. The van der Waals surface area contributed by atoms with E-state index in [0.29, 0.717) is 23.5 Å². The average Bonchev–Trinajstić information content (AvgIpc) is 3.35. The summed E-state index contributed by atoms with van der Waals surface area (Å²) in [4.78, 5) is 12.6. The van der Waals surface area contributed by atoms with Gasteiger partial charge in [-0.05, 0) is 12.1 Å². The van der Waals surface area contributed by atoms with Crippen LogP contribution >= 0.6 is 0 Å². The summed E-state index contributed by atoms with van der Waals surface area (Å²) in [5, 5.41) is 42.7. The molecule has 1 unspecified atom stereocenters. The van der Waals surface area contributed by atoms with Crippen LogP contribution in [0.1, 0.15) is 12.0 Å². The summed E-state index contributed by atoms with van der Waals surface area (Å²) >= 11 is 0. The van der Waals surface area contributed by atoms with Crippen molar-refractivity contribution in [2.24, 2.45) is 0 Å². The second-order valence-corrected chi connectivity index (χ2v) is 6.20. The Morgan fingerprint density at radius 3 is 2.70 bits per heavy atom. The summed E-state index contributed by atoms with van der Waals surface area (Å²) in [5.74, 6) is 1.18. The van der Waals surface area contributed by atoms with Gasteiger partial charge in [0.05, 0.1) is 25.7 Å². The lowest BCUT2D eigenvalue weighted by molar-refractivity contribution is -0.250. The third-order valence-electron chi connectivity index (χ3n) is 4.51. The fourth-order valence-electron chi connectivity index (χ4n) is 3.06. The Kier molecular flexibility index (Phi) is 4.76. The smallest absolute Gasteiger partial charge is 0.167 e. The van der Waals surface area contributed by atoms with Crippen LogP contribution in [-0.2, 0) is 11.3 Å². The van der Waals surface area contributed by atoms with E-state index in [-0.39, 0.29) is 0 Å². The number of aliphatic hydroxyl groups excluding tert-OH is 4. The molecule has 0 aliphatic carbocycles. The second kappa shape index (κ2) is 7.21. The number of hydrogen-bond acceptors (Lipinski definition) is 10. The van der Waals surface area contributed by atoms with Crippen molar-refractivity contribution in [3.63, 3.8) is 0 Å². The fourth-order valence-corrected chi connectivity index (χ4v) is 3.06. The molecule has 11 heteroatoms. The summed E-state index contributed by atoms with van der Waals surface area (Å²) in [6.45, 7) is -0.120. The van der Waals surface area contributed by atoms with Crippen molar-refractivity contribution in [3.8, 4) is 0 Å². The van der Waals surface area contributed by atoms with Gasteiger partial charge in [0.2, 0.25) is 0 Å². The van der Waals surface area contributed by atoms with E-state index in [2.05, 4.69) is 20.3 Å². The minimum Gasteiger partial charge on any atom is -0.467 e. The standard InChI is InChI=1S/C16H19N5O6/c22-5-9-11(23)12(24)13(25)16(27-9)21-7-20-10-14(18-6-19-15(10)21)17-4-8-2-1-3-26-8/h1-3,6-7,9,11-13,16,22-25H,4-5H2,(H,17,18,19)/t9-,11-,12+,13-,16?/m1/s1. The minimum atomic E-state index is -1.49. The maximum absolute atomic E-state index is 10.3. The highest BCUT2D eigenvalue weighted by Crippen LogP contribution is 2.31. The van der Waals surface area contributed by atoms with Gasteiger partial charge in [-0.1, -0.05) is 0 Å². The van der Waals surface area contributed by atoms with E-state index >= 15 is 0 Å². The monoisotopic (exact) mass is 377 g/mol. The molecule has 5 N–H and O–H groups in total. The first-order valence-electron chi connectivity index (χ1n) is 8.34. The molecule has 4 rings (SSSR count). The maximum atomic E-state index is 10.3. The highest BCUT2D eigenvalue weighted by molar-refractivity contribution is 5.82. The summed E-state index contributed by atoms with van der Waals surface area (Å²) in [6.07, 6.45) is -2.18. The number of hydrogen-bond donors (Lipinski definition) is 5. The van der Waals surface area contributed by atoms with Gasteiger partial charge >= 0.3 is 0 Å². The van der Waals surface area contributed by atoms with Gasteiger partial charge in [-0.2, -0.15) is 0 Å². The number of aromatic nitrogens is 4.